The van der Waals surface area contributed by atoms with Crippen LogP contribution in [0.2, 0.25) is 0 Å². The second-order valence-electron chi connectivity index (χ2n) is 5.54. The first-order valence-corrected chi connectivity index (χ1v) is 8.19. The summed E-state index contributed by atoms with van der Waals surface area (Å²) in [6.07, 6.45) is 2.71. The highest BCUT2D eigenvalue weighted by atomic mass is 16.5. The maximum Gasteiger partial charge on any atom is 0.331 e. The van der Waals surface area contributed by atoms with E-state index < -0.39 is 24.4 Å². The molecule has 0 atom stereocenters. The lowest BCUT2D eigenvalue weighted by Crippen LogP contribution is -2.20. The zero-order chi connectivity index (χ0) is 20.5. The smallest absolute Gasteiger partial charge is 0.331 e. The lowest BCUT2D eigenvalue weighted by Gasteiger charge is -2.07. The average Bonchev–Trinajstić information content (AvgIpc) is 2.70. The fourth-order valence-corrected chi connectivity index (χ4v) is 2.21. The summed E-state index contributed by atoms with van der Waals surface area (Å²) in [5.74, 6) is -0.613. The van der Waals surface area contributed by atoms with Gasteiger partial charge in [0.05, 0.1) is 14.2 Å². The Bertz CT molecular complexity index is 890. The molecule has 28 heavy (non-hydrogen) atoms. The van der Waals surface area contributed by atoms with Crippen LogP contribution in [0.4, 0.5) is 5.69 Å². The summed E-state index contributed by atoms with van der Waals surface area (Å²) in [4.78, 5) is 34.7. The quantitative estimate of drug-likeness (QED) is 0.531. The number of carbonyl (C=O) groups is 3. The number of hydrogen-bond donors (Lipinski definition) is 2. The van der Waals surface area contributed by atoms with Crippen LogP contribution in [0.3, 0.4) is 0 Å². The van der Waals surface area contributed by atoms with Crippen LogP contribution in [0, 0.1) is 0 Å². The second kappa shape index (κ2) is 9.77. The van der Waals surface area contributed by atoms with Gasteiger partial charge in [-0.25, -0.2) is 4.79 Å². The third-order valence-corrected chi connectivity index (χ3v) is 3.64. The number of rotatable bonds is 8. The van der Waals surface area contributed by atoms with E-state index in [4.69, 9.17) is 19.9 Å². The number of anilines is 1. The number of carbonyl (C=O) groups excluding carboxylic acids is 3. The van der Waals surface area contributed by atoms with Gasteiger partial charge in [-0.05, 0) is 42.5 Å². The van der Waals surface area contributed by atoms with Crippen molar-refractivity contribution in [3.05, 3.63) is 59.7 Å². The highest BCUT2D eigenvalue weighted by Gasteiger charge is 2.08. The standard InChI is InChI=1S/C20H20N2O6/c1-26-16-9-5-13(17(11-16)27-2)6-10-19(24)28-12-18(23)22-15-7-3-14(4-8-15)20(21)25/h3-11H,12H2,1-2H3,(H2,21,25)(H,22,23). The molecule has 0 aromatic heterocycles. The highest BCUT2D eigenvalue weighted by molar-refractivity contribution is 5.96. The van der Waals surface area contributed by atoms with Gasteiger partial charge in [0.25, 0.3) is 5.91 Å². The number of nitrogens with two attached hydrogens (primary N) is 1. The number of nitrogens with one attached hydrogen (secondary N) is 1. The van der Waals surface area contributed by atoms with E-state index in [9.17, 15) is 14.4 Å². The van der Waals surface area contributed by atoms with Crippen molar-refractivity contribution in [1.29, 1.82) is 0 Å². The van der Waals surface area contributed by atoms with Crippen molar-refractivity contribution in [2.45, 2.75) is 0 Å². The molecule has 2 rings (SSSR count). The van der Waals surface area contributed by atoms with E-state index in [-0.39, 0.29) is 0 Å². The summed E-state index contributed by atoms with van der Waals surface area (Å²) in [6, 6.07) is 11.1. The number of ether oxygens (including phenoxy) is 3. The molecule has 8 nitrogen and oxygen atoms in total. The fourth-order valence-electron chi connectivity index (χ4n) is 2.21. The molecular weight excluding hydrogens is 364 g/mol. The molecule has 0 saturated carbocycles. The van der Waals surface area contributed by atoms with Crippen molar-refractivity contribution >= 4 is 29.5 Å². The van der Waals surface area contributed by atoms with Crippen molar-refractivity contribution in [3.8, 4) is 11.5 Å². The fraction of sp³-hybridized carbons (Fsp3) is 0.150. The molecule has 0 saturated heterocycles. The summed E-state index contributed by atoms with van der Waals surface area (Å²) >= 11 is 0. The summed E-state index contributed by atoms with van der Waals surface area (Å²) < 4.78 is 15.2. The largest absolute Gasteiger partial charge is 0.497 e. The number of benzene rings is 2. The second-order valence-corrected chi connectivity index (χ2v) is 5.54. The normalized spacial score (nSPS) is 10.4. The molecule has 0 fully saturated rings. The Morgan fingerprint density at radius 3 is 2.36 bits per heavy atom. The summed E-state index contributed by atoms with van der Waals surface area (Å²) in [5, 5.41) is 2.54. The SMILES string of the molecule is COc1ccc(C=CC(=O)OCC(=O)Nc2ccc(C(N)=O)cc2)c(OC)c1. The Kier molecular flexibility index (Phi) is 7.15. The Hall–Kier alpha value is -3.81. The first kappa shape index (κ1) is 20.5. The van der Waals surface area contributed by atoms with Crippen molar-refractivity contribution in [1.82, 2.24) is 0 Å². The minimum Gasteiger partial charge on any atom is -0.497 e. The zero-order valence-electron chi connectivity index (χ0n) is 15.4. The van der Waals surface area contributed by atoms with Gasteiger partial charge in [-0.1, -0.05) is 0 Å². The van der Waals surface area contributed by atoms with Crippen molar-refractivity contribution in [3.63, 3.8) is 0 Å². The predicted octanol–water partition coefficient (Wildman–Crippen LogP) is 2.00. The van der Waals surface area contributed by atoms with Crippen molar-refractivity contribution < 1.29 is 28.6 Å². The molecule has 3 N–H and O–H groups in total. The van der Waals surface area contributed by atoms with E-state index in [1.54, 1.807) is 25.3 Å². The van der Waals surface area contributed by atoms with Crippen LogP contribution in [0.25, 0.3) is 6.08 Å². The van der Waals surface area contributed by atoms with Gasteiger partial charge in [0.15, 0.2) is 6.61 Å². The average molecular weight is 384 g/mol. The maximum absolute atomic E-state index is 11.8. The topological polar surface area (TPSA) is 117 Å². The van der Waals surface area contributed by atoms with Gasteiger partial charge in [0, 0.05) is 29.0 Å². The molecule has 0 heterocycles. The Morgan fingerprint density at radius 1 is 1.04 bits per heavy atom. The van der Waals surface area contributed by atoms with E-state index >= 15 is 0 Å². The Labute approximate surface area is 161 Å². The number of methoxy groups -OCH3 is 2. The molecular formula is C20H20N2O6. The highest BCUT2D eigenvalue weighted by Crippen LogP contribution is 2.25. The van der Waals surface area contributed by atoms with Crippen LogP contribution < -0.4 is 20.5 Å². The number of esters is 1. The lowest BCUT2D eigenvalue weighted by molar-refractivity contribution is -0.142. The van der Waals surface area contributed by atoms with Crippen LogP contribution in [-0.4, -0.2) is 38.6 Å². The first-order chi connectivity index (χ1) is 13.4. The van der Waals surface area contributed by atoms with Crippen LogP contribution in [0.15, 0.2) is 48.5 Å². The van der Waals surface area contributed by atoms with Crippen molar-refractivity contribution in [2.75, 3.05) is 26.1 Å². The van der Waals surface area contributed by atoms with Crippen LogP contribution in [-0.2, 0) is 14.3 Å². The monoisotopic (exact) mass is 384 g/mol. The first-order valence-electron chi connectivity index (χ1n) is 8.19. The zero-order valence-corrected chi connectivity index (χ0v) is 15.4. The molecule has 0 aliphatic rings. The summed E-state index contributed by atoms with van der Waals surface area (Å²) in [5.41, 5.74) is 6.57. The summed E-state index contributed by atoms with van der Waals surface area (Å²) in [7, 11) is 3.05. The van der Waals surface area contributed by atoms with Gasteiger partial charge in [-0.3, -0.25) is 9.59 Å². The maximum atomic E-state index is 11.8. The van der Waals surface area contributed by atoms with Gasteiger partial charge < -0.3 is 25.3 Å². The number of amides is 2. The third-order valence-electron chi connectivity index (χ3n) is 3.64. The van der Waals surface area contributed by atoms with E-state index in [1.165, 1.54) is 43.5 Å². The molecule has 0 spiro atoms. The molecule has 2 aromatic carbocycles. The number of hydrogen-bond acceptors (Lipinski definition) is 6. The van der Waals surface area contributed by atoms with E-state index in [0.717, 1.165) is 0 Å². The number of primary amides is 1. The molecule has 0 unspecified atom stereocenters. The lowest BCUT2D eigenvalue weighted by atomic mass is 10.2. The molecule has 0 radical (unpaired) electrons. The van der Waals surface area contributed by atoms with E-state index in [0.29, 0.717) is 28.3 Å². The molecule has 0 aliphatic carbocycles. The minimum atomic E-state index is -0.683. The molecule has 0 bridgehead atoms. The molecule has 0 aliphatic heterocycles. The van der Waals surface area contributed by atoms with Crippen LogP contribution in [0.5, 0.6) is 11.5 Å². The molecule has 2 aromatic rings. The van der Waals surface area contributed by atoms with E-state index in [1.807, 2.05) is 0 Å². The molecule has 8 heteroatoms. The molecule has 146 valence electrons. The van der Waals surface area contributed by atoms with Gasteiger partial charge >= 0.3 is 5.97 Å². The Balaban J connectivity index is 1.87. The minimum absolute atomic E-state index is 0.323. The third kappa shape index (κ3) is 5.87. The van der Waals surface area contributed by atoms with E-state index in [2.05, 4.69) is 5.32 Å². The van der Waals surface area contributed by atoms with Gasteiger partial charge in [0.2, 0.25) is 5.91 Å². The predicted molar refractivity (Wildman–Crippen MR) is 103 cm³/mol. The summed E-state index contributed by atoms with van der Waals surface area (Å²) in [6.45, 7) is -0.458. The van der Waals surface area contributed by atoms with Crippen LogP contribution in [0.1, 0.15) is 15.9 Å². The van der Waals surface area contributed by atoms with Crippen LogP contribution >= 0.6 is 0 Å². The Morgan fingerprint density at radius 2 is 1.75 bits per heavy atom. The molecule has 2 amide bonds. The van der Waals surface area contributed by atoms with Crippen molar-refractivity contribution in [2.24, 2.45) is 5.73 Å². The van der Waals surface area contributed by atoms with Gasteiger partial charge in [-0.2, -0.15) is 0 Å². The van der Waals surface area contributed by atoms with Gasteiger partial charge in [-0.15, -0.1) is 0 Å². The van der Waals surface area contributed by atoms with Gasteiger partial charge in [0.1, 0.15) is 11.5 Å².